The maximum absolute atomic E-state index is 13.5. The van der Waals surface area contributed by atoms with Gasteiger partial charge in [-0.15, -0.1) is 0 Å². The third kappa shape index (κ3) is 3.25. The van der Waals surface area contributed by atoms with E-state index < -0.39 is 0 Å². The second kappa shape index (κ2) is 5.75. The van der Waals surface area contributed by atoms with Crippen LogP contribution in [0.1, 0.15) is 11.4 Å². The summed E-state index contributed by atoms with van der Waals surface area (Å²) in [6, 6.07) is 4.95. The monoisotopic (exact) mass is 255 g/mol. The third-order valence-corrected chi connectivity index (χ3v) is 2.57. The van der Waals surface area contributed by atoms with Crippen LogP contribution >= 0.6 is 11.6 Å². The van der Waals surface area contributed by atoms with Gasteiger partial charge in [0.1, 0.15) is 5.82 Å². The van der Waals surface area contributed by atoms with Crippen LogP contribution in [0.5, 0.6) is 0 Å². The molecule has 2 aromatic rings. The maximum Gasteiger partial charge on any atom is 0.213 e. The van der Waals surface area contributed by atoms with Crippen LogP contribution in [0.4, 0.5) is 4.39 Å². The Labute approximate surface area is 103 Å². The standard InChI is InChI=1S/C11H11ClFN3O/c12-9-3-1-2-8(11(9)13)6-14-5-4-10-15-7-17-16-10/h1-3,7,14H,4-6H2. The molecule has 0 aliphatic rings. The molecule has 17 heavy (non-hydrogen) atoms. The van der Waals surface area contributed by atoms with Crippen molar-refractivity contribution in [2.24, 2.45) is 0 Å². The van der Waals surface area contributed by atoms with Crippen LogP contribution in [0.15, 0.2) is 29.1 Å². The summed E-state index contributed by atoms with van der Waals surface area (Å²) in [4.78, 5) is 3.88. The molecule has 0 saturated carbocycles. The van der Waals surface area contributed by atoms with E-state index in [0.717, 1.165) is 0 Å². The number of nitrogens with one attached hydrogen (secondary N) is 1. The van der Waals surface area contributed by atoms with Gasteiger partial charge in [-0.1, -0.05) is 28.9 Å². The first-order chi connectivity index (χ1) is 8.27. The Balaban J connectivity index is 1.80. The summed E-state index contributed by atoms with van der Waals surface area (Å²) in [6.45, 7) is 1.07. The molecule has 0 spiro atoms. The van der Waals surface area contributed by atoms with E-state index in [0.29, 0.717) is 30.9 Å². The molecule has 0 amide bonds. The molecule has 6 heteroatoms. The molecule has 2 rings (SSSR count). The number of hydrogen-bond donors (Lipinski definition) is 1. The molecule has 1 aromatic carbocycles. The van der Waals surface area contributed by atoms with Gasteiger partial charge in [-0.25, -0.2) is 4.39 Å². The van der Waals surface area contributed by atoms with Crippen molar-refractivity contribution in [2.75, 3.05) is 6.54 Å². The molecule has 1 heterocycles. The van der Waals surface area contributed by atoms with Crippen molar-refractivity contribution >= 4 is 11.6 Å². The molecule has 0 aliphatic carbocycles. The molecule has 0 aliphatic heterocycles. The van der Waals surface area contributed by atoms with E-state index in [1.54, 1.807) is 12.1 Å². The molecular weight excluding hydrogens is 245 g/mol. The zero-order valence-electron chi connectivity index (χ0n) is 8.99. The summed E-state index contributed by atoms with van der Waals surface area (Å²) < 4.78 is 18.1. The fourth-order valence-corrected chi connectivity index (χ4v) is 1.60. The maximum atomic E-state index is 13.5. The Morgan fingerprint density at radius 3 is 3.06 bits per heavy atom. The lowest BCUT2D eigenvalue weighted by atomic mass is 10.2. The van der Waals surface area contributed by atoms with Gasteiger partial charge in [-0.2, -0.15) is 4.98 Å². The number of rotatable bonds is 5. The molecular formula is C11H11ClFN3O. The number of nitrogens with zero attached hydrogens (tertiary/aromatic N) is 2. The summed E-state index contributed by atoms with van der Waals surface area (Å²) in [5.41, 5.74) is 0.547. The van der Waals surface area contributed by atoms with Crippen molar-refractivity contribution in [3.63, 3.8) is 0 Å². The number of halogens is 2. The Hall–Kier alpha value is -1.46. The molecule has 4 nitrogen and oxygen atoms in total. The molecule has 0 radical (unpaired) electrons. The van der Waals surface area contributed by atoms with Crippen molar-refractivity contribution in [3.8, 4) is 0 Å². The minimum Gasteiger partial charge on any atom is -0.343 e. The van der Waals surface area contributed by atoms with Crippen LogP contribution in [-0.4, -0.2) is 16.7 Å². The molecule has 0 saturated heterocycles. The van der Waals surface area contributed by atoms with Gasteiger partial charge in [0.2, 0.25) is 6.39 Å². The second-order valence-corrected chi connectivity index (χ2v) is 3.89. The smallest absolute Gasteiger partial charge is 0.213 e. The van der Waals surface area contributed by atoms with E-state index in [9.17, 15) is 4.39 Å². The van der Waals surface area contributed by atoms with Gasteiger partial charge in [0.05, 0.1) is 5.02 Å². The summed E-state index contributed by atoms with van der Waals surface area (Å²) in [6.07, 6.45) is 1.92. The quantitative estimate of drug-likeness (QED) is 0.832. The van der Waals surface area contributed by atoms with Gasteiger partial charge in [0.15, 0.2) is 5.82 Å². The van der Waals surface area contributed by atoms with Crippen LogP contribution in [0, 0.1) is 5.82 Å². The lowest BCUT2D eigenvalue weighted by Gasteiger charge is -2.05. The van der Waals surface area contributed by atoms with Crippen molar-refractivity contribution in [2.45, 2.75) is 13.0 Å². The van der Waals surface area contributed by atoms with E-state index in [1.807, 2.05) is 0 Å². The highest BCUT2D eigenvalue weighted by atomic mass is 35.5. The van der Waals surface area contributed by atoms with Crippen LogP contribution in [0.2, 0.25) is 5.02 Å². The number of benzene rings is 1. The number of aromatic nitrogens is 2. The zero-order chi connectivity index (χ0) is 12.1. The first kappa shape index (κ1) is 12.0. The summed E-state index contributed by atoms with van der Waals surface area (Å²) in [5, 5.41) is 6.90. The Bertz CT molecular complexity index is 476. The van der Waals surface area contributed by atoms with Crippen LogP contribution < -0.4 is 5.32 Å². The van der Waals surface area contributed by atoms with E-state index in [-0.39, 0.29) is 10.8 Å². The molecule has 90 valence electrons. The SMILES string of the molecule is Fc1c(Cl)cccc1CNCCc1ncon1. The lowest BCUT2D eigenvalue weighted by molar-refractivity contribution is 0.409. The van der Waals surface area contributed by atoms with Crippen LogP contribution in [0.25, 0.3) is 0 Å². The molecule has 0 fully saturated rings. The zero-order valence-corrected chi connectivity index (χ0v) is 9.75. The molecule has 0 atom stereocenters. The van der Waals surface area contributed by atoms with Gasteiger partial charge in [0, 0.05) is 25.1 Å². The van der Waals surface area contributed by atoms with Crippen molar-refractivity contribution < 1.29 is 8.91 Å². The number of hydrogen-bond acceptors (Lipinski definition) is 4. The van der Waals surface area contributed by atoms with Gasteiger partial charge in [-0.05, 0) is 6.07 Å². The predicted octanol–water partition coefficient (Wildman–Crippen LogP) is 2.19. The summed E-state index contributed by atoms with van der Waals surface area (Å²) in [5.74, 6) is 0.255. The Morgan fingerprint density at radius 2 is 2.29 bits per heavy atom. The van der Waals surface area contributed by atoms with Gasteiger partial charge in [-0.3, -0.25) is 0 Å². The van der Waals surface area contributed by atoms with Crippen molar-refractivity contribution in [1.82, 2.24) is 15.5 Å². The largest absolute Gasteiger partial charge is 0.343 e. The average Bonchev–Trinajstić information content (AvgIpc) is 2.83. The Kier molecular flexibility index (Phi) is 4.06. The highest BCUT2D eigenvalue weighted by molar-refractivity contribution is 6.30. The average molecular weight is 256 g/mol. The second-order valence-electron chi connectivity index (χ2n) is 3.49. The van der Waals surface area contributed by atoms with E-state index in [2.05, 4.69) is 20.0 Å². The fraction of sp³-hybridized carbons (Fsp3) is 0.273. The molecule has 1 N–H and O–H groups in total. The van der Waals surface area contributed by atoms with Crippen molar-refractivity contribution in [1.29, 1.82) is 0 Å². The first-order valence-electron chi connectivity index (χ1n) is 5.16. The van der Waals surface area contributed by atoms with E-state index >= 15 is 0 Å². The summed E-state index contributed by atoms with van der Waals surface area (Å²) in [7, 11) is 0. The van der Waals surface area contributed by atoms with Gasteiger partial charge < -0.3 is 9.84 Å². The fourth-order valence-electron chi connectivity index (χ4n) is 1.41. The Morgan fingerprint density at radius 1 is 1.41 bits per heavy atom. The highest BCUT2D eigenvalue weighted by Crippen LogP contribution is 2.17. The van der Waals surface area contributed by atoms with Crippen LogP contribution in [0.3, 0.4) is 0 Å². The minimum absolute atomic E-state index is 0.141. The summed E-state index contributed by atoms with van der Waals surface area (Å²) >= 11 is 5.67. The van der Waals surface area contributed by atoms with Gasteiger partial charge >= 0.3 is 0 Å². The topological polar surface area (TPSA) is 51.0 Å². The molecule has 0 bridgehead atoms. The molecule has 0 unspecified atom stereocenters. The minimum atomic E-state index is -0.374. The predicted molar refractivity (Wildman–Crippen MR) is 61.1 cm³/mol. The normalized spacial score (nSPS) is 10.7. The lowest BCUT2D eigenvalue weighted by Crippen LogP contribution is -2.18. The van der Waals surface area contributed by atoms with Crippen molar-refractivity contribution in [3.05, 3.63) is 46.8 Å². The van der Waals surface area contributed by atoms with Crippen LogP contribution in [-0.2, 0) is 13.0 Å². The molecule has 1 aromatic heterocycles. The van der Waals surface area contributed by atoms with E-state index in [4.69, 9.17) is 11.6 Å². The highest BCUT2D eigenvalue weighted by Gasteiger charge is 2.05. The van der Waals surface area contributed by atoms with E-state index in [1.165, 1.54) is 12.5 Å². The first-order valence-corrected chi connectivity index (χ1v) is 5.54. The van der Waals surface area contributed by atoms with Gasteiger partial charge in [0.25, 0.3) is 0 Å². The third-order valence-electron chi connectivity index (χ3n) is 2.28.